The second kappa shape index (κ2) is 8.94. The highest BCUT2D eigenvalue weighted by molar-refractivity contribution is 5.85. The normalized spacial score (nSPS) is 22.9. The molecule has 0 unspecified atom stereocenters. The number of nitrogens with one attached hydrogen (secondary N) is 1. The van der Waals surface area contributed by atoms with Crippen molar-refractivity contribution in [2.45, 2.75) is 38.0 Å². The van der Waals surface area contributed by atoms with Crippen LogP contribution in [0.2, 0.25) is 0 Å². The van der Waals surface area contributed by atoms with Gasteiger partial charge in [-0.15, -0.1) is 12.4 Å². The Bertz CT molecular complexity index is 680. The SMILES string of the molecule is CO[C@@H]1C[C@@H](C(=O)NCc2nc(-c3ccccc3)no2)CC[C@H]1N.Cl. The number of rotatable bonds is 5. The summed E-state index contributed by atoms with van der Waals surface area (Å²) in [6, 6.07) is 9.56. The van der Waals surface area contributed by atoms with Gasteiger partial charge < -0.3 is 20.3 Å². The lowest BCUT2D eigenvalue weighted by atomic mass is 9.83. The van der Waals surface area contributed by atoms with Gasteiger partial charge in [-0.3, -0.25) is 4.79 Å². The van der Waals surface area contributed by atoms with Crippen LogP contribution in [0.25, 0.3) is 11.4 Å². The summed E-state index contributed by atoms with van der Waals surface area (Å²) in [5.74, 6) is 0.788. The van der Waals surface area contributed by atoms with Crippen LogP contribution in [-0.4, -0.2) is 35.3 Å². The largest absolute Gasteiger partial charge is 0.380 e. The Morgan fingerprint density at radius 3 is 2.84 bits per heavy atom. The first-order valence-electron chi connectivity index (χ1n) is 8.11. The number of carbonyl (C=O) groups is 1. The molecule has 7 nitrogen and oxygen atoms in total. The Hall–Kier alpha value is -1.96. The third kappa shape index (κ3) is 4.78. The smallest absolute Gasteiger partial charge is 0.246 e. The third-order valence-electron chi connectivity index (χ3n) is 4.43. The van der Waals surface area contributed by atoms with E-state index in [4.69, 9.17) is 15.0 Å². The Balaban J connectivity index is 0.00000225. The molecule has 0 aliphatic heterocycles. The fourth-order valence-electron chi connectivity index (χ4n) is 3.00. The van der Waals surface area contributed by atoms with Gasteiger partial charge in [0.25, 0.3) is 0 Å². The van der Waals surface area contributed by atoms with Crippen LogP contribution in [0.5, 0.6) is 0 Å². The second-order valence-corrected chi connectivity index (χ2v) is 6.04. The summed E-state index contributed by atoms with van der Waals surface area (Å²) in [5, 5.41) is 6.80. The highest BCUT2D eigenvalue weighted by Gasteiger charge is 2.32. The third-order valence-corrected chi connectivity index (χ3v) is 4.43. The Labute approximate surface area is 152 Å². The maximum absolute atomic E-state index is 12.3. The molecular weight excluding hydrogens is 344 g/mol. The predicted molar refractivity (Wildman–Crippen MR) is 94.9 cm³/mol. The quantitative estimate of drug-likeness (QED) is 0.837. The summed E-state index contributed by atoms with van der Waals surface area (Å²) >= 11 is 0. The summed E-state index contributed by atoms with van der Waals surface area (Å²) < 4.78 is 10.5. The molecule has 1 aliphatic carbocycles. The van der Waals surface area contributed by atoms with Crippen molar-refractivity contribution in [1.29, 1.82) is 0 Å². The summed E-state index contributed by atoms with van der Waals surface area (Å²) in [7, 11) is 1.63. The number of amides is 1. The zero-order valence-electron chi connectivity index (χ0n) is 14.1. The van der Waals surface area contributed by atoms with Gasteiger partial charge >= 0.3 is 0 Å². The molecule has 1 amide bonds. The van der Waals surface area contributed by atoms with Gasteiger partial charge in [0.05, 0.1) is 12.6 Å². The highest BCUT2D eigenvalue weighted by Crippen LogP contribution is 2.25. The first-order valence-corrected chi connectivity index (χ1v) is 8.11. The first-order chi connectivity index (χ1) is 11.7. The van der Waals surface area contributed by atoms with E-state index in [1.807, 2.05) is 30.3 Å². The van der Waals surface area contributed by atoms with Gasteiger partial charge in [-0.05, 0) is 19.3 Å². The average Bonchev–Trinajstić information content (AvgIpc) is 3.10. The minimum atomic E-state index is -0.0914. The van der Waals surface area contributed by atoms with E-state index in [9.17, 15) is 4.79 Å². The van der Waals surface area contributed by atoms with E-state index in [1.54, 1.807) is 7.11 Å². The highest BCUT2D eigenvalue weighted by atomic mass is 35.5. The fourth-order valence-corrected chi connectivity index (χ4v) is 3.00. The molecule has 2 aromatic rings. The zero-order valence-corrected chi connectivity index (χ0v) is 14.9. The Kier molecular flexibility index (Phi) is 6.92. The number of benzene rings is 1. The summed E-state index contributed by atoms with van der Waals surface area (Å²) in [5.41, 5.74) is 6.86. The van der Waals surface area contributed by atoms with Gasteiger partial charge in [0.2, 0.25) is 17.6 Å². The lowest BCUT2D eigenvalue weighted by molar-refractivity contribution is -0.128. The van der Waals surface area contributed by atoms with Crippen LogP contribution in [-0.2, 0) is 16.1 Å². The van der Waals surface area contributed by atoms with Crippen molar-refractivity contribution < 1.29 is 14.1 Å². The molecule has 1 aliphatic rings. The number of ether oxygens (including phenoxy) is 1. The standard InChI is InChI=1S/C17H22N4O3.ClH/c1-23-14-9-12(7-8-13(14)18)17(22)19-10-15-20-16(21-24-15)11-5-3-2-4-6-11;/h2-6,12-14H,7-10,18H2,1H3,(H,19,22);1H/t12-,13+,14+;/m0./s1. The fraction of sp³-hybridized carbons (Fsp3) is 0.471. The van der Waals surface area contributed by atoms with E-state index in [0.29, 0.717) is 18.1 Å². The molecule has 25 heavy (non-hydrogen) atoms. The Morgan fingerprint density at radius 2 is 2.12 bits per heavy atom. The number of hydrogen-bond acceptors (Lipinski definition) is 6. The maximum Gasteiger partial charge on any atom is 0.246 e. The molecule has 1 heterocycles. The van der Waals surface area contributed by atoms with E-state index in [0.717, 1.165) is 18.4 Å². The number of hydrogen-bond donors (Lipinski definition) is 2. The average molecular weight is 367 g/mol. The number of nitrogens with zero attached hydrogens (tertiary/aromatic N) is 2. The predicted octanol–water partition coefficient (Wildman–Crippen LogP) is 1.92. The van der Waals surface area contributed by atoms with Crippen molar-refractivity contribution in [3.05, 3.63) is 36.2 Å². The van der Waals surface area contributed by atoms with E-state index >= 15 is 0 Å². The molecule has 1 aromatic heterocycles. The molecule has 1 fully saturated rings. The van der Waals surface area contributed by atoms with Gasteiger partial charge in [-0.25, -0.2) is 0 Å². The van der Waals surface area contributed by atoms with E-state index in [-0.39, 0.29) is 42.9 Å². The number of halogens is 1. The monoisotopic (exact) mass is 366 g/mol. The van der Waals surface area contributed by atoms with Crippen LogP contribution in [0.3, 0.4) is 0 Å². The van der Waals surface area contributed by atoms with E-state index < -0.39 is 0 Å². The van der Waals surface area contributed by atoms with Crippen LogP contribution in [0.1, 0.15) is 25.2 Å². The summed E-state index contributed by atoms with van der Waals surface area (Å²) in [6.07, 6.45) is 2.13. The van der Waals surface area contributed by atoms with Gasteiger partial charge in [0.15, 0.2) is 0 Å². The molecule has 0 radical (unpaired) electrons. The molecule has 1 saturated carbocycles. The minimum absolute atomic E-state index is 0. The minimum Gasteiger partial charge on any atom is -0.380 e. The lowest BCUT2D eigenvalue weighted by Crippen LogP contribution is -2.45. The van der Waals surface area contributed by atoms with Gasteiger partial charge in [-0.2, -0.15) is 4.98 Å². The molecule has 3 atom stereocenters. The van der Waals surface area contributed by atoms with Gasteiger partial charge in [-0.1, -0.05) is 35.5 Å². The molecule has 1 aromatic carbocycles. The van der Waals surface area contributed by atoms with Crippen molar-refractivity contribution in [3.63, 3.8) is 0 Å². The van der Waals surface area contributed by atoms with Crippen LogP contribution in [0, 0.1) is 5.92 Å². The number of aromatic nitrogens is 2. The van der Waals surface area contributed by atoms with Gasteiger partial charge in [0, 0.05) is 24.6 Å². The molecular formula is C17H23ClN4O3. The lowest BCUT2D eigenvalue weighted by Gasteiger charge is -2.32. The van der Waals surface area contributed by atoms with Crippen molar-refractivity contribution in [2.24, 2.45) is 11.7 Å². The Morgan fingerprint density at radius 1 is 1.36 bits per heavy atom. The van der Waals surface area contributed by atoms with Crippen LogP contribution in [0.15, 0.2) is 34.9 Å². The van der Waals surface area contributed by atoms with Crippen molar-refractivity contribution in [1.82, 2.24) is 15.5 Å². The van der Waals surface area contributed by atoms with Gasteiger partial charge in [0.1, 0.15) is 0 Å². The molecule has 136 valence electrons. The topological polar surface area (TPSA) is 103 Å². The van der Waals surface area contributed by atoms with Crippen LogP contribution in [0.4, 0.5) is 0 Å². The first kappa shape index (κ1) is 19.4. The van der Waals surface area contributed by atoms with Crippen LogP contribution >= 0.6 is 12.4 Å². The van der Waals surface area contributed by atoms with E-state index in [1.165, 1.54) is 0 Å². The molecule has 0 saturated heterocycles. The number of nitrogens with two attached hydrogens (primary N) is 1. The molecule has 3 rings (SSSR count). The maximum atomic E-state index is 12.3. The second-order valence-electron chi connectivity index (χ2n) is 6.04. The summed E-state index contributed by atoms with van der Waals surface area (Å²) in [6.45, 7) is 0.221. The summed E-state index contributed by atoms with van der Waals surface area (Å²) in [4.78, 5) is 16.6. The number of carbonyl (C=O) groups excluding carboxylic acids is 1. The molecule has 0 spiro atoms. The molecule has 0 bridgehead atoms. The van der Waals surface area contributed by atoms with Crippen molar-refractivity contribution >= 4 is 18.3 Å². The number of methoxy groups -OCH3 is 1. The molecule has 3 N–H and O–H groups in total. The van der Waals surface area contributed by atoms with E-state index in [2.05, 4.69) is 15.5 Å². The zero-order chi connectivity index (χ0) is 16.9. The van der Waals surface area contributed by atoms with Crippen molar-refractivity contribution in [3.8, 4) is 11.4 Å². The molecule has 8 heteroatoms. The van der Waals surface area contributed by atoms with Crippen LogP contribution < -0.4 is 11.1 Å². The van der Waals surface area contributed by atoms with Crippen molar-refractivity contribution in [2.75, 3.05) is 7.11 Å².